The molecule has 0 aromatic rings. The Labute approximate surface area is 77.3 Å². The molecule has 1 atom stereocenters. The molecule has 0 aromatic heterocycles. The summed E-state index contributed by atoms with van der Waals surface area (Å²) in [6.07, 6.45) is 0.374. The Morgan fingerprint density at radius 3 is 3.00 bits per heavy atom. The molecular formula is C8H15N3O2. The molecule has 0 aliphatic carbocycles. The lowest BCUT2D eigenvalue weighted by molar-refractivity contribution is -0.128. The molecule has 0 unspecified atom stereocenters. The van der Waals surface area contributed by atoms with Crippen molar-refractivity contribution >= 4 is 11.7 Å². The summed E-state index contributed by atoms with van der Waals surface area (Å²) in [5.41, 5.74) is 5.32. The molecule has 0 saturated carbocycles. The highest BCUT2D eigenvalue weighted by molar-refractivity contribution is 5.89. The van der Waals surface area contributed by atoms with Crippen LogP contribution in [0.3, 0.4) is 0 Å². The molecule has 5 nitrogen and oxygen atoms in total. The zero-order valence-corrected chi connectivity index (χ0v) is 7.75. The maximum absolute atomic E-state index is 11.3. The lowest BCUT2D eigenvalue weighted by Crippen LogP contribution is -2.30. The largest absolute Gasteiger partial charge is 0.387 e. The fourth-order valence-corrected chi connectivity index (χ4v) is 1.40. The van der Waals surface area contributed by atoms with Gasteiger partial charge in [-0.2, -0.15) is 0 Å². The summed E-state index contributed by atoms with van der Waals surface area (Å²) in [6.45, 7) is 1.70. The molecule has 3 N–H and O–H groups in total. The van der Waals surface area contributed by atoms with Gasteiger partial charge in [-0.3, -0.25) is 10.2 Å². The second kappa shape index (κ2) is 4.23. The first-order valence-corrected chi connectivity index (χ1v) is 4.25. The summed E-state index contributed by atoms with van der Waals surface area (Å²) in [5, 5.41) is 7.22. The van der Waals surface area contributed by atoms with E-state index in [1.807, 2.05) is 0 Å². The van der Waals surface area contributed by atoms with Crippen molar-refractivity contribution < 1.29 is 9.53 Å². The van der Waals surface area contributed by atoms with Crippen LogP contribution < -0.4 is 5.73 Å². The zero-order chi connectivity index (χ0) is 9.84. The third-order valence-electron chi connectivity index (χ3n) is 2.22. The minimum Gasteiger partial charge on any atom is -0.387 e. The van der Waals surface area contributed by atoms with Crippen molar-refractivity contribution in [1.82, 2.24) is 4.90 Å². The van der Waals surface area contributed by atoms with E-state index in [0.717, 1.165) is 0 Å². The molecule has 0 radical (unpaired) electrons. The molecule has 5 heteroatoms. The lowest BCUT2D eigenvalue weighted by Gasteiger charge is -2.15. The van der Waals surface area contributed by atoms with Crippen LogP contribution in [0.4, 0.5) is 0 Å². The molecule has 1 aliphatic rings. The van der Waals surface area contributed by atoms with Crippen LogP contribution in [-0.2, 0) is 9.53 Å². The van der Waals surface area contributed by atoms with Gasteiger partial charge in [0.05, 0.1) is 12.4 Å². The number of carbonyl (C=O) groups excluding carboxylic acids is 1. The molecule has 74 valence electrons. The van der Waals surface area contributed by atoms with Gasteiger partial charge in [-0.1, -0.05) is 0 Å². The average molecular weight is 185 g/mol. The number of nitrogens with one attached hydrogen (secondary N) is 1. The summed E-state index contributed by atoms with van der Waals surface area (Å²) < 4.78 is 4.87. The van der Waals surface area contributed by atoms with Gasteiger partial charge in [0.2, 0.25) is 5.91 Å². The van der Waals surface area contributed by atoms with Gasteiger partial charge in [0.1, 0.15) is 0 Å². The van der Waals surface area contributed by atoms with Crippen molar-refractivity contribution in [2.24, 2.45) is 11.7 Å². The summed E-state index contributed by atoms with van der Waals surface area (Å²) in [4.78, 5) is 13.0. The van der Waals surface area contributed by atoms with Gasteiger partial charge in [-0.15, -0.1) is 0 Å². The van der Waals surface area contributed by atoms with Crippen molar-refractivity contribution in [3.63, 3.8) is 0 Å². The number of hydrogen-bond donors (Lipinski definition) is 2. The van der Waals surface area contributed by atoms with E-state index >= 15 is 0 Å². The topological polar surface area (TPSA) is 79.4 Å². The van der Waals surface area contributed by atoms with Crippen LogP contribution in [-0.4, -0.2) is 43.4 Å². The summed E-state index contributed by atoms with van der Waals surface area (Å²) >= 11 is 0. The van der Waals surface area contributed by atoms with Crippen LogP contribution in [0.1, 0.15) is 6.42 Å². The van der Waals surface area contributed by atoms with E-state index in [4.69, 9.17) is 15.9 Å². The number of nitrogens with zero attached hydrogens (tertiary/aromatic N) is 1. The Hall–Kier alpha value is -1.10. The minimum absolute atomic E-state index is 0.0669. The van der Waals surface area contributed by atoms with E-state index in [0.29, 0.717) is 26.1 Å². The SMILES string of the molecule is COCCN1C[C@@H](C(=N)N)CC1=O. The summed E-state index contributed by atoms with van der Waals surface area (Å²) in [7, 11) is 1.60. The molecule has 1 amide bonds. The fraction of sp³-hybridized carbons (Fsp3) is 0.750. The first-order valence-electron chi connectivity index (χ1n) is 4.25. The van der Waals surface area contributed by atoms with Crippen LogP contribution >= 0.6 is 0 Å². The van der Waals surface area contributed by atoms with Crippen molar-refractivity contribution in [1.29, 1.82) is 5.41 Å². The number of amides is 1. The Morgan fingerprint density at radius 2 is 2.54 bits per heavy atom. The van der Waals surface area contributed by atoms with Gasteiger partial charge in [0.25, 0.3) is 0 Å². The molecule has 1 aliphatic heterocycles. The Bertz CT molecular complexity index is 217. The van der Waals surface area contributed by atoms with Crippen LogP contribution in [0.5, 0.6) is 0 Å². The van der Waals surface area contributed by atoms with E-state index in [9.17, 15) is 4.79 Å². The molecule has 0 bridgehead atoms. The predicted molar refractivity (Wildman–Crippen MR) is 48.5 cm³/mol. The zero-order valence-electron chi connectivity index (χ0n) is 7.75. The first-order chi connectivity index (χ1) is 6.15. The maximum Gasteiger partial charge on any atom is 0.223 e. The number of carbonyl (C=O) groups is 1. The van der Waals surface area contributed by atoms with Gasteiger partial charge in [-0.25, -0.2) is 0 Å². The number of methoxy groups -OCH3 is 1. The van der Waals surface area contributed by atoms with Gasteiger partial charge in [-0.05, 0) is 0 Å². The number of rotatable bonds is 4. The average Bonchev–Trinajstić information content (AvgIpc) is 2.44. The van der Waals surface area contributed by atoms with Crippen molar-refractivity contribution in [2.75, 3.05) is 26.8 Å². The normalized spacial score (nSPS) is 22.4. The third-order valence-corrected chi connectivity index (χ3v) is 2.22. The number of hydrogen-bond acceptors (Lipinski definition) is 3. The smallest absolute Gasteiger partial charge is 0.223 e. The molecule has 1 fully saturated rings. The van der Waals surface area contributed by atoms with Crippen molar-refractivity contribution in [3.8, 4) is 0 Å². The lowest BCUT2D eigenvalue weighted by atomic mass is 10.1. The Balaban J connectivity index is 2.42. The highest BCUT2D eigenvalue weighted by Crippen LogP contribution is 2.16. The fourth-order valence-electron chi connectivity index (χ4n) is 1.40. The highest BCUT2D eigenvalue weighted by Gasteiger charge is 2.30. The van der Waals surface area contributed by atoms with Crippen LogP contribution in [0.15, 0.2) is 0 Å². The van der Waals surface area contributed by atoms with Gasteiger partial charge >= 0.3 is 0 Å². The van der Waals surface area contributed by atoms with E-state index in [-0.39, 0.29) is 17.7 Å². The summed E-state index contributed by atoms with van der Waals surface area (Å²) in [5.74, 6) is 0.0786. The molecule has 13 heavy (non-hydrogen) atoms. The van der Waals surface area contributed by atoms with E-state index in [1.165, 1.54) is 0 Å². The Kier molecular flexibility index (Phi) is 3.25. The number of likely N-dealkylation sites (tertiary alicyclic amines) is 1. The number of amidine groups is 1. The Morgan fingerprint density at radius 1 is 1.85 bits per heavy atom. The highest BCUT2D eigenvalue weighted by atomic mass is 16.5. The first kappa shape index (κ1) is 9.98. The maximum atomic E-state index is 11.3. The van der Waals surface area contributed by atoms with Crippen LogP contribution in [0, 0.1) is 11.3 Å². The molecule has 0 spiro atoms. The minimum atomic E-state index is -0.0932. The molecule has 0 aromatic carbocycles. The second-order valence-electron chi connectivity index (χ2n) is 3.19. The van der Waals surface area contributed by atoms with Crippen LogP contribution in [0.2, 0.25) is 0 Å². The molecule has 1 rings (SSSR count). The van der Waals surface area contributed by atoms with Gasteiger partial charge in [0.15, 0.2) is 0 Å². The van der Waals surface area contributed by atoms with Crippen LogP contribution in [0.25, 0.3) is 0 Å². The predicted octanol–water partition coefficient (Wildman–Crippen LogP) is -0.583. The van der Waals surface area contributed by atoms with E-state index in [2.05, 4.69) is 0 Å². The monoisotopic (exact) mass is 185 g/mol. The molecular weight excluding hydrogens is 170 g/mol. The van der Waals surface area contributed by atoms with Crippen molar-refractivity contribution in [2.45, 2.75) is 6.42 Å². The summed E-state index contributed by atoms with van der Waals surface area (Å²) in [6, 6.07) is 0. The van der Waals surface area contributed by atoms with Crippen molar-refractivity contribution in [3.05, 3.63) is 0 Å². The third kappa shape index (κ3) is 2.42. The second-order valence-corrected chi connectivity index (χ2v) is 3.19. The molecule has 1 saturated heterocycles. The van der Waals surface area contributed by atoms with E-state index in [1.54, 1.807) is 12.0 Å². The van der Waals surface area contributed by atoms with E-state index < -0.39 is 0 Å². The van der Waals surface area contributed by atoms with Gasteiger partial charge < -0.3 is 15.4 Å². The van der Waals surface area contributed by atoms with Gasteiger partial charge in [0, 0.05) is 32.5 Å². The standard InChI is InChI=1S/C8H15N3O2/c1-13-3-2-11-5-6(8(9)10)4-7(11)12/h6H,2-5H2,1H3,(H3,9,10)/t6-/m0/s1. The molecule has 1 heterocycles. The number of ether oxygens (including phenoxy) is 1. The quantitative estimate of drug-likeness (QED) is 0.454. The number of nitrogens with two attached hydrogens (primary N) is 1.